The average Bonchev–Trinajstić information content (AvgIpc) is 2.17. The maximum atomic E-state index is 10.6. The van der Waals surface area contributed by atoms with Gasteiger partial charge < -0.3 is 5.73 Å². The van der Waals surface area contributed by atoms with Gasteiger partial charge in [-0.25, -0.2) is 4.98 Å². The molecule has 0 aliphatic heterocycles. The van der Waals surface area contributed by atoms with Crippen LogP contribution >= 0.6 is 0 Å². The molecule has 0 saturated carbocycles. The standard InChI is InChI=1S/C8H12N4O/c1-3-5(2)8-10-4-6(7(9)13)11-12-8/h4-5H,3H2,1-2H3,(H2,9,13). The van der Waals surface area contributed by atoms with Crippen molar-refractivity contribution in [3.8, 4) is 0 Å². The number of nitrogens with two attached hydrogens (primary N) is 1. The third-order valence-electron chi connectivity index (χ3n) is 1.88. The molecular formula is C8H12N4O. The van der Waals surface area contributed by atoms with Gasteiger partial charge in [0.2, 0.25) is 0 Å². The number of nitrogens with zero attached hydrogens (tertiary/aromatic N) is 3. The number of rotatable bonds is 3. The van der Waals surface area contributed by atoms with Crippen molar-refractivity contribution < 1.29 is 4.79 Å². The van der Waals surface area contributed by atoms with Crippen LogP contribution < -0.4 is 5.73 Å². The van der Waals surface area contributed by atoms with Crippen LogP contribution in [0.3, 0.4) is 0 Å². The Kier molecular flexibility index (Phi) is 2.89. The van der Waals surface area contributed by atoms with Crippen molar-refractivity contribution in [2.75, 3.05) is 0 Å². The second-order valence-corrected chi connectivity index (χ2v) is 2.88. The molecule has 1 atom stereocenters. The first kappa shape index (κ1) is 9.57. The highest BCUT2D eigenvalue weighted by Gasteiger charge is 2.08. The average molecular weight is 180 g/mol. The van der Waals surface area contributed by atoms with E-state index < -0.39 is 5.91 Å². The van der Waals surface area contributed by atoms with Gasteiger partial charge in [-0.3, -0.25) is 4.79 Å². The van der Waals surface area contributed by atoms with Crippen molar-refractivity contribution in [3.63, 3.8) is 0 Å². The number of aromatic nitrogens is 3. The van der Waals surface area contributed by atoms with Gasteiger partial charge in [-0.15, -0.1) is 10.2 Å². The number of carbonyl (C=O) groups is 1. The van der Waals surface area contributed by atoms with Gasteiger partial charge in [-0.05, 0) is 6.42 Å². The van der Waals surface area contributed by atoms with Gasteiger partial charge in [0.1, 0.15) is 0 Å². The Bertz CT molecular complexity index is 296. The van der Waals surface area contributed by atoms with Gasteiger partial charge in [-0.2, -0.15) is 0 Å². The summed E-state index contributed by atoms with van der Waals surface area (Å²) >= 11 is 0. The van der Waals surface area contributed by atoms with Crippen molar-refractivity contribution in [1.82, 2.24) is 15.2 Å². The van der Waals surface area contributed by atoms with Gasteiger partial charge in [0.05, 0.1) is 6.20 Å². The molecule has 2 N–H and O–H groups in total. The molecule has 0 aliphatic carbocycles. The van der Waals surface area contributed by atoms with E-state index in [1.54, 1.807) is 0 Å². The van der Waals surface area contributed by atoms with Crippen LogP contribution in [-0.2, 0) is 0 Å². The second kappa shape index (κ2) is 3.93. The summed E-state index contributed by atoms with van der Waals surface area (Å²) in [6.07, 6.45) is 2.30. The molecule has 1 aromatic rings. The summed E-state index contributed by atoms with van der Waals surface area (Å²) in [5.74, 6) is 0.303. The van der Waals surface area contributed by atoms with Gasteiger partial charge in [0.25, 0.3) is 5.91 Å². The molecule has 0 fully saturated rings. The van der Waals surface area contributed by atoms with Crippen LogP contribution in [0.2, 0.25) is 0 Å². The molecule has 1 heterocycles. The van der Waals surface area contributed by atoms with Crippen LogP contribution in [0.4, 0.5) is 0 Å². The van der Waals surface area contributed by atoms with Crippen LogP contribution in [0.5, 0.6) is 0 Å². The Morgan fingerprint density at radius 2 is 2.31 bits per heavy atom. The van der Waals surface area contributed by atoms with Crippen molar-refractivity contribution in [3.05, 3.63) is 17.7 Å². The Morgan fingerprint density at radius 1 is 1.62 bits per heavy atom. The molecule has 0 aliphatic rings. The van der Waals surface area contributed by atoms with E-state index in [4.69, 9.17) is 5.73 Å². The fourth-order valence-electron chi connectivity index (χ4n) is 0.805. The molecule has 0 radical (unpaired) electrons. The van der Waals surface area contributed by atoms with E-state index in [0.717, 1.165) is 6.42 Å². The maximum absolute atomic E-state index is 10.6. The zero-order valence-corrected chi connectivity index (χ0v) is 7.69. The highest BCUT2D eigenvalue weighted by atomic mass is 16.1. The first-order valence-corrected chi connectivity index (χ1v) is 4.14. The number of amides is 1. The summed E-state index contributed by atoms with van der Waals surface area (Å²) in [5, 5.41) is 7.47. The molecule has 1 rings (SSSR count). The molecule has 1 aromatic heterocycles. The summed E-state index contributed by atoms with van der Waals surface area (Å²) in [6.45, 7) is 4.04. The molecule has 13 heavy (non-hydrogen) atoms. The van der Waals surface area contributed by atoms with Gasteiger partial charge in [-0.1, -0.05) is 13.8 Å². The summed E-state index contributed by atoms with van der Waals surface area (Å²) in [7, 11) is 0. The Morgan fingerprint density at radius 3 is 2.69 bits per heavy atom. The van der Waals surface area contributed by atoms with Gasteiger partial charge in [0.15, 0.2) is 11.5 Å². The van der Waals surface area contributed by atoms with Crippen molar-refractivity contribution in [2.45, 2.75) is 26.2 Å². The molecule has 5 nitrogen and oxygen atoms in total. The number of primary amides is 1. The van der Waals surface area contributed by atoms with Crippen LogP contribution in [0.1, 0.15) is 42.5 Å². The van der Waals surface area contributed by atoms with E-state index in [-0.39, 0.29) is 11.6 Å². The van der Waals surface area contributed by atoms with E-state index in [1.165, 1.54) is 6.20 Å². The van der Waals surface area contributed by atoms with Gasteiger partial charge in [0, 0.05) is 5.92 Å². The monoisotopic (exact) mass is 180 g/mol. The molecule has 1 amide bonds. The maximum Gasteiger partial charge on any atom is 0.270 e. The lowest BCUT2D eigenvalue weighted by Crippen LogP contribution is -2.15. The van der Waals surface area contributed by atoms with Crippen molar-refractivity contribution in [1.29, 1.82) is 0 Å². The van der Waals surface area contributed by atoms with E-state index in [1.807, 2.05) is 13.8 Å². The fraction of sp³-hybridized carbons (Fsp3) is 0.500. The first-order valence-electron chi connectivity index (χ1n) is 4.14. The third-order valence-corrected chi connectivity index (χ3v) is 1.88. The highest BCUT2D eigenvalue weighted by Crippen LogP contribution is 2.11. The number of hydrogen-bond donors (Lipinski definition) is 1. The zero-order valence-electron chi connectivity index (χ0n) is 7.69. The first-order chi connectivity index (χ1) is 6.15. The number of carbonyl (C=O) groups excluding carboxylic acids is 1. The topological polar surface area (TPSA) is 81.8 Å². The summed E-state index contributed by atoms with van der Waals surface area (Å²) in [4.78, 5) is 14.6. The molecule has 0 spiro atoms. The SMILES string of the molecule is CCC(C)c1ncc(C(N)=O)nn1. The molecule has 0 aromatic carbocycles. The van der Waals surface area contributed by atoms with Crippen molar-refractivity contribution >= 4 is 5.91 Å². The summed E-state index contributed by atoms with van der Waals surface area (Å²) in [5.41, 5.74) is 5.09. The molecule has 0 saturated heterocycles. The normalized spacial score (nSPS) is 12.5. The minimum atomic E-state index is -0.601. The minimum Gasteiger partial charge on any atom is -0.364 e. The van der Waals surface area contributed by atoms with Crippen LogP contribution in [0.25, 0.3) is 0 Å². The largest absolute Gasteiger partial charge is 0.364 e. The Hall–Kier alpha value is -1.52. The second-order valence-electron chi connectivity index (χ2n) is 2.88. The van der Waals surface area contributed by atoms with Crippen molar-refractivity contribution in [2.24, 2.45) is 5.73 Å². The Balaban J connectivity index is 2.87. The zero-order chi connectivity index (χ0) is 9.84. The fourth-order valence-corrected chi connectivity index (χ4v) is 0.805. The summed E-state index contributed by atoms with van der Waals surface area (Å²) < 4.78 is 0. The van der Waals surface area contributed by atoms with E-state index in [0.29, 0.717) is 5.82 Å². The lowest BCUT2D eigenvalue weighted by molar-refractivity contribution is 0.0994. The molecule has 70 valence electrons. The molecule has 0 bridgehead atoms. The predicted octanol–water partition coefficient (Wildman–Crippen LogP) is 0.484. The lowest BCUT2D eigenvalue weighted by atomic mass is 10.1. The van der Waals surface area contributed by atoms with E-state index in [2.05, 4.69) is 15.2 Å². The predicted molar refractivity (Wildman–Crippen MR) is 47.1 cm³/mol. The lowest BCUT2D eigenvalue weighted by Gasteiger charge is -2.04. The number of hydrogen-bond acceptors (Lipinski definition) is 4. The highest BCUT2D eigenvalue weighted by molar-refractivity contribution is 5.90. The van der Waals surface area contributed by atoms with Gasteiger partial charge >= 0.3 is 0 Å². The smallest absolute Gasteiger partial charge is 0.270 e. The van der Waals surface area contributed by atoms with Crippen LogP contribution in [0, 0.1) is 0 Å². The molecule has 1 unspecified atom stereocenters. The van der Waals surface area contributed by atoms with E-state index >= 15 is 0 Å². The van der Waals surface area contributed by atoms with E-state index in [9.17, 15) is 4.79 Å². The third kappa shape index (κ3) is 2.21. The minimum absolute atomic E-state index is 0.104. The van der Waals surface area contributed by atoms with Crippen LogP contribution in [0.15, 0.2) is 6.20 Å². The molecular weight excluding hydrogens is 168 g/mol. The summed E-state index contributed by atoms with van der Waals surface area (Å²) in [6, 6.07) is 0. The quantitative estimate of drug-likeness (QED) is 0.733. The molecule has 5 heteroatoms. The Labute approximate surface area is 76.4 Å². The van der Waals surface area contributed by atoms with Crippen LogP contribution in [-0.4, -0.2) is 21.1 Å².